The number of thiophene rings is 1. The summed E-state index contributed by atoms with van der Waals surface area (Å²) in [6, 6.07) is 6.06. The first-order chi connectivity index (χ1) is 10.4. The number of urea groups is 1. The van der Waals surface area contributed by atoms with Crippen LogP contribution in [0, 0.1) is 26.7 Å². The normalized spacial score (nSPS) is 12.2. The molecule has 0 aliphatic heterocycles. The summed E-state index contributed by atoms with van der Waals surface area (Å²) in [7, 11) is 0. The van der Waals surface area contributed by atoms with E-state index in [1.165, 1.54) is 9.75 Å². The van der Waals surface area contributed by atoms with Gasteiger partial charge in [0.1, 0.15) is 0 Å². The van der Waals surface area contributed by atoms with Gasteiger partial charge in [-0.3, -0.25) is 4.68 Å². The van der Waals surface area contributed by atoms with Gasteiger partial charge in [0.25, 0.3) is 0 Å². The van der Waals surface area contributed by atoms with E-state index < -0.39 is 0 Å². The molecule has 0 saturated heterocycles. The molecule has 0 aliphatic rings. The van der Waals surface area contributed by atoms with E-state index in [1.807, 2.05) is 17.7 Å². The second kappa shape index (κ2) is 7.45. The van der Waals surface area contributed by atoms with Crippen LogP contribution in [0.5, 0.6) is 0 Å². The van der Waals surface area contributed by atoms with Crippen LogP contribution in [0.1, 0.15) is 28.1 Å². The summed E-state index contributed by atoms with van der Waals surface area (Å²) in [6.45, 7) is 10.2. The topological polar surface area (TPSA) is 59.0 Å². The average Bonchev–Trinajstić information content (AvgIpc) is 3.00. The van der Waals surface area contributed by atoms with Gasteiger partial charge in [0.15, 0.2) is 0 Å². The van der Waals surface area contributed by atoms with Crippen molar-refractivity contribution in [2.24, 2.45) is 5.92 Å². The Morgan fingerprint density at radius 3 is 2.68 bits per heavy atom. The number of aromatic nitrogens is 2. The minimum atomic E-state index is -0.119. The third-order valence-electron chi connectivity index (χ3n) is 3.42. The van der Waals surface area contributed by atoms with E-state index in [0.29, 0.717) is 19.0 Å². The summed E-state index contributed by atoms with van der Waals surface area (Å²) < 4.78 is 1.99. The smallest absolute Gasteiger partial charge is 0.315 e. The molecule has 22 heavy (non-hydrogen) atoms. The molecule has 0 fully saturated rings. The first kappa shape index (κ1) is 16.5. The predicted molar refractivity (Wildman–Crippen MR) is 90.2 cm³/mol. The fourth-order valence-electron chi connectivity index (χ4n) is 2.30. The van der Waals surface area contributed by atoms with Gasteiger partial charge in [-0.25, -0.2) is 4.79 Å². The molecular weight excluding hydrogens is 296 g/mol. The largest absolute Gasteiger partial charge is 0.338 e. The summed E-state index contributed by atoms with van der Waals surface area (Å²) in [5, 5.41) is 10.2. The first-order valence-corrected chi connectivity index (χ1v) is 8.33. The van der Waals surface area contributed by atoms with Gasteiger partial charge in [-0.1, -0.05) is 6.92 Å². The van der Waals surface area contributed by atoms with E-state index >= 15 is 0 Å². The zero-order valence-electron chi connectivity index (χ0n) is 13.6. The van der Waals surface area contributed by atoms with Crippen molar-refractivity contribution in [1.29, 1.82) is 0 Å². The highest BCUT2D eigenvalue weighted by Gasteiger charge is 2.09. The second-order valence-electron chi connectivity index (χ2n) is 5.79. The molecule has 2 heterocycles. The lowest BCUT2D eigenvalue weighted by Crippen LogP contribution is -2.38. The van der Waals surface area contributed by atoms with Gasteiger partial charge >= 0.3 is 6.03 Å². The van der Waals surface area contributed by atoms with Crippen molar-refractivity contribution in [1.82, 2.24) is 20.4 Å². The van der Waals surface area contributed by atoms with Crippen LogP contribution >= 0.6 is 11.3 Å². The number of nitrogens with zero attached hydrogens (tertiary/aromatic N) is 2. The highest BCUT2D eigenvalue weighted by molar-refractivity contribution is 7.11. The van der Waals surface area contributed by atoms with Crippen LogP contribution in [0.15, 0.2) is 18.2 Å². The molecule has 0 spiro atoms. The fraction of sp³-hybridized carbons (Fsp3) is 0.500. The van der Waals surface area contributed by atoms with Crippen LogP contribution in [0.4, 0.5) is 4.79 Å². The van der Waals surface area contributed by atoms with Crippen molar-refractivity contribution in [3.05, 3.63) is 39.3 Å². The quantitative estimate of drug-likeness (QED) is 0.859. The third-order valence-corrected chi connectivity index (χ3v) is 4.42. The lowest BCUT2D eigenvalue weighted by Gasteiger charge is -2.14. The number of amides is 2. The maximum Gasteiger partial charge on any atom is 0.315 e. The van der Waals surface area contributed by atoms with Crippen LogP contribution in [0.3, 0.4) is 0 Å². The molecule has 2 amide bonds. The number of rotatable bonds is 6. The summed E-state index contributed by atoms with van der Waals surface area (Å²) in [4.78, 5) is 14.2. The molecule has 0 saturated carbocycles. The minimum Gasteiger partial charge on any atom is -0.338 e. The van der Waals surface area contributed by atoms with Gasteiger partial charge in [-0.15, -0.1) is 11.3 Å². The molecule has 1 atom stereocenters. The van der Waals surface area contributed by atoms with Gasteiger partial charge in [0, 0.05) is 28.5 Å². The lowest BCUT2D eigenvalue weighted by molar-refractivity contribution is 0.238. The standard InChI is InChI=1S/C16H24N4OS/c1-11(10-20-13(3)7-12(2)19-20)8-17-16(21)18-9-15-6-5-14(4)22-15/h5-7,11H,8-10H2,1-4H3,(H2,17,18,21). The Labute approximate surface area is 135 Å². The maximum absolute atomic E-state index is 11.8. The predicted octanol–water partition coefficient (Wildman–Crippen LogP) is 3.01. The third kappa shape index (κ3) is 4.87. The molecule has 0 aliphatic carbocycles. The Hall–Kier alpha value is -1.82. The Kier molecular flexibility index (Phi) is 5.60. The zero-order valence-corrected chi connectivity index (χ0v) is 14.5. The van der Waals surface area contributed by atoms with E-state index in [9.17, 15) is 4.79 Å². The van der Waals surface area contributed by atoms with Crippen LogP contribution in [0.2, 0.25) is 0 Å². The lowest BCUT2D eigenvalue weighted by atomic mass is 10.2. The number of carbonyl (C=O) groups is 1. The molecule has 2 aromatic heterocycles. The Morgan fingerprint density at radius 2 is 2.09 bits per heavy atom. The monoisotopic (exact) mass is 320 g/mol. The van der Waals surface area contributed by atoms with Gasteiger partial charge in [0.2, 0.25) is 0 Å². The number of hydrogen-bond acceptors (Lipinski definition) is 3. The number of aryl methyl sites for hydroxylation is 3. The van der Waals surface area contributed by atoms with Crippen LogP contribution < -0.4 is 10.6 Å². The van der Waals surface area contributed by atoms with Crippen molar-refractivity contribution in [2.45, 2.75) is 40.8 Å². The molecule has 2 rings (SSSR count). The van der Waals surface area contributed by atoms with Gasteiger partial charge in [-0.2, -0.15) is 5.10 Å². The number of carbonyl (C=O) groups excluding carboxylic acids is 1. The average molecular weight is 320 g/mol. The molecule has 2 N–H and O–H groups in total. The van der Waals surface area contributed by atoms with Gasteiger partial charge in [-0.05, 0) is 44.9 Å². The van der Waals surface area contributed by atoms with Gasteiger partial charge < -0.3 is 10.6 Å². The maximum atomic E-state index is 11.8. The van der Waals surface area contributed by atoms with Crippen molar-refractivity contribution in [3.8, 4) is 0 Å². The Bertz CT molecular complexity index is 632. The molecule has 0 radical (unpaired) electrons. The van der Waals surface area contributed by atoms with Gasteiger partial charge in [0.05, 0.1) is 12.2 Å². The van der Waals surface area contributed by atoms with E-state index in [1.54, 1.807) is 11.3 Å². The molecule has 1 unspecified atom stereocenters. The Balaban J connectivity index is 1.70. The van der Waals surface area contributed by atoms with E-state index in [-0.39, 0.29) is 6.03 Å². The van der Waals surface area contributed by atoms with Crippen molar-refractivity contribution in [2.75, 3.05) is 6.54 Å². The Morgan fingerprint density at radius 1 is 1.32 bits per heavy atom. The van der Waals surface area contributed by atoms with E-state index in [0.717, 1.165) is 17.9 Å². The fourth-order valence-corrected chi connectivity index (χ4v) is 3.13. The van der Waals surface area contributed by atoms with Crippen LogP contribution in [-0.2, 0) is 13.1 Å². The van der Waals surface area contributed by atoms with Crippen LogP contribution in [0.25, 0.3) is 0 Å². The minimum absolute atomic E-state index is 0.119. The summed E-state index contributed by atoms with van der Waals surface area (Å²) in [5.41, 5.74) is 2.18. The summed E-state index contributed by atoms with van der Waals surface area (Å²) in [6.07, 6.45) is 0. The second-order valence-corrected chi connectivity index (χ2v) is 7.16. The van der Waals surface area contributed by atoms with Crippen molar-refractivity contribution >= 4 is 17.4 Å². The number of nitrogens with one attached hydrogen (secondary N) is 2. The zero-order chi connectivity index (χ0) is 16.1. The molecule has 0 aromatic carbocycles. The SMILES string of the molecule is Cc1cc(C)n(CC(C)CNC(=O)NCc2ccc(C)s2)n1. The van der Waals surface area contributed by atoms with Crippen molar-refractivity contribution in [3.63, 3.8) is 0 Å². The highest BCUT2D eigenvalue weighted by atomic mass is 32.1. The molecule has 120 valence electrons. The molecule has 2 aromatic rings. The van der Waals surface area contributed by atoms with Crippen LogP contribution in [-0.4, -0.2) is 22.4 Å². The highest BCUT2D eigenvalue weighted by Crippen LogP contribution is 2.14. The van der Waals surface area contributed by atoms with E-state index in [2.05, 4.69) is 48.6 Å². The van der Waals surface area contributed by atoms with Crippen molar-refractivity contribution < 1.29 is 4.79 Å². The molecular formula is C16H24N4OS. The summed E-state index contributed by atoms with van der Waals surface area (Å²) >= 11 is 1.71. The molecule has 5 nitrogen and oxygen atoms in total. The molecule has 0 bridgehead atoms. The first-order valence-electron chi connectivity index (χ1n) is 7.52. The van der Waals surface area contributed by atoms with E-state index in [4.69, 9.17) is 0 Å². The molecule has 6 heteroatoms. The number of hydrogen-bond donors (Lipinski definition) is 2. The summed E-state index contributed by atoms with van der Waals surface area (Å²) in [5.74, 6) is 0.327.